The normalized spacial score (nSPS) is 23.4. The van der Waals surface area contributed by atoms with Gasteiger partial charge in [-0.3, -0.25) is 0 Å². The van der Waals surface area contributed by atoms with Crippen molar-refractivity contribution >= 4 is 9.84 Å². The van der Waals surface area contributed by atoms with E-state index >= 15 is 0 Å². The molecule has 3 nitrogen and oxygen atoms in total. The van der Waals surface area contributed by atoms with Crippen molar-refractivity contribution in [2.45, 2.75) is 42.8 Å². The van der Waals surface area contributed by atoms with Gasteiger partial charge in [-0.25, -0.2) is 8.42 Å². The second kappa shape index (κ2) is 5.96. The zero-order valence-electron chi connectivity index (χ0n) is 11.4. The highest BCUT2D eigenvalue weighted by Gasteiger charge is 2.32. The lowest BCUT2D eigenvalue weighted by molar-refractivity contribution is -0.137. The molecule has 2 rings (SSSR count). The molecule has 0 aliphatic heterocycles. The molecule has 1 fully saturated rings. The predicted octanol–water partition coefficient (Wildman–Crippen LogP) is 3.00. The number of halogens is 3. The van der Waals surface area contributed by atoms with Crippen LogP contribution in [0.5, 0.6) is 0 Å². The minimum Gasteiger partial charge on any atom is -0.327 e. The first-order valence-electron chi connectivity index (χ1n) is 6.86. The van der Waals surface area contributed by atoms with Crippen molar-refractivity contribution in [2.75, 3.05) is 5.75 Å². The molecule has 0 radical (unpaired) electrons. The van der Waals surface area contributed by atoms with Crippen LogP contribution < -0.4 is 5.73 Å². The van der Waals surface area contributed by atoms with E-state index in [2.05, 4.69) is 0 Å². The third kappa shape index (κ3) is 3.97. The van der Waals surface area contributed by atoms with E-state index in [1.54, 1.807) is 0 Å². The van der Waals surface area contributed by atoms with E-state index in [1.807, 2.05) is 0 Å². The monoisotopic (exact) mass is 321 g/mol. The van der Waals surface area contributed by atoms with Gasteiger partial charge in [0.15, 0.2) is 9.84 Å². The Labute approximate surface area is 122 Å². The van der Waals surface area contributed by atoms with Crippen LogP contribution in [0.25, 0.3) is 0 Å². The predicted molar refractivity (Wildman–Crippen MR) is 73.4 cm³/mol. The van der Waals surface area contributed by atoms with Crippen LogP contribution >= 0.6 is 0 Å². The van der Waals surface area contributed by atoms with E-state index in [9.17, 15) is 21.6 Å². The summed E-state index contributed by atoms with van der Waals surface area (Å²) in [7, 11) is -3.71. The van der Waals surface area contributed by atoms with Crippen LogP contribution in [-0.2, 0) is 16.0 Å². The fourth-order valence-corrected chi connectivity index (χ4v) is 4.16. The fourth-order valence-electron chi connectivity index (χ4n) is 2.71. The molecule has 1 aliphatic carbocycles. The van der Waals surface area contributed by atoms with Crippen LogP contribution in [-0.4, -0.2) is 20.2 Å². The van der Waals surface area contributed by atoms with Gasteiger partial charge < -0.3 is 5.73 Å². The van der Waals surface area contributed by atoms with Crippen molar-refractivity contribution < 1.29 is 21.6 Å². The molecule has 21 heavy (non-hydrogen) atoms. The molecule has 0 unspecified atom stereocenters. The number of hydrogen-bond acceptors (Lipinski definition) is 3. The molecule has 2 atom stereocenters. The maximum atomic E-state index is 12.6. The third-order valence-corrected chi connectivity index (χ3v) is 5.74. The Morgan fingerprint density at radius 2 is 1.95 bits per heavy atom. The van der Waals surface area contributed by atoms with Crippen LogP contribution in [0.1, 0.15) is 31.2 Å². The summed E-state index contributed by atoms with van der Waals surface area (Å²) in [6, 6.07) is 3.90. The Morgan fingerprint density at radius 1 is 1.24 bits per heavy atom. The average Bonchev–Trinajstić information content (AvgIpc) is 2.81. The molecule has 1 aromatic rings. The van der Waals surface area contributed by atoms with E-state index < -0.39 is 21.6 Å². The van der Waals surface area contributed by atoms with Crippen LogP contribution in [0.3, 0.4) is 0 Å². The second-order valence-electron chi connectivity index (χ2n) is 5.49. The Hall–Kier alpha value is -1.08. The summed E-state index contributed by atoms with van der Waals surface area (Å²) in [6.45, 7) is 0. The van der Waals surface area contributed by atoms with Crippen molar-refractivity contribution in [3.63, 3.8) is 0 Å². The number of rotatable bonds is 4. The molecule has 2 N–H and O–H groups in total. The summed E-state index contributed by atoms with van der Waals surface area (Å²) in [4.78, 5) is -0.274. The molecule has 0 amide bonds. The quantitative estimate of drug-likeness (QED) is 0.927. The minimum absolute atomic E-state index is 0.00158. The first-order valence-corrected chi connectivity index (χ1v) is 8.51. The zero-order chi connectivity index (χ0) is 15.7. The summed E-state index contributed by atoms with van der Waals surface area (Å²) >= 11 is 0. The Morgan fingerprint density at radius 3 is 2.52 bits per heavy atom. The SMILES string of the molecule is N[C@@H]1CCC[C@H]1CCS(=O)(=O)c1cccc(C(F)(F)F)c1. The van der Waals surface area contributed by atoms with E-state index in [0.29, 0.717) is 12.5 Å². The average molecular weight is 321 g/mol. The first kappa shape index (κ1) is 16.3. The summed E-state index contributed by atoms with van der Waals surface area (Å²) in [5, 5.41) is 0. The maximum absolute atomic E-state index is 12.6. The van der Waals surface area contributed by atoms with Crippen molar-refractivity contribution in [3.8, 4) is 0 Å². The fraction of sp³-hybridized carbons (Fsp3) is 0.571. The molecule has 0 bridgehead atoms. The number of benzene rings is 1. The Balaban J connectivity index is 2.12. The van der Waals surface area contributed by atoms with Gasteiger partial charge in [0.2, 0.25) is 0 Å². The highest BCUT2D eigenvalue weighted by atomic mass is 32.2. The van der Waals surface area contributed by atoms with Gasteiger partial charge in [-0.1, -0.05) is 12.5 Å². The van der Waals surface area contributed by atoms with Crippen LogP contribution in [0.2, 0.25) is 0 Å². The molecule has 118 valence electrons. The smallest absolute Gasteiger partial charge is 0.327 e. The second-order valence-corrected chi connectivity index (χ2v) is 7.60. The van der Waals surface area contributed by atoms with E-state index in [-0.39, 0.29) is 22.6 Å². The third-order valence-electron chi connectivity index (χ3n) is 4.00. The van der Waals surface area contributed by atoms with Gasteiger partial charge in [-0.05, 0) is 43.4 Å². The molecular formula is C14H18F3NO2S. The van der Waals surface area contributed by atoms with Gasteiger partial charge in [-0.2, -0.15) is 13.2 Å². The van der Waals surface area contributed by atoms with Gasteiger partial charge in [0, 0.05) is 6.04 Å². The van der Waals surface area contributed by atoms with Crippen LogP contribution in [0, 0.1) is 5.92 Å². The molecule has 0 heterocycles. The van der Waals surface area contributed by atoms with E-state index in [1.165, 1.54) is 6.07 Å². The van der Waals surface area contributed by atoms with Crippen molar-refractivity contribution in [2.24, 2.45) is 11.7 Å². The summed E-state index contributed by atoms with van der Waals surface area (Å²) in [5.74, 6) is -0.0160. The number of hydrogen-bond donors (Lipinski definition) is 1. The highest BCUT2D eigenvalue weighted by molar-refractivity contribution is 7.91. The van der Waals surface area contributed by atoms with Gasteiger partial charge in [0.05, 0.1) is 16.2 Å². The molecule has 0 aromatic heterocycles. The summed E-state index contributed by atoms with van der Waals surface area (Å²) in [5.41, 5.74) is 4.94. The number of sulfone groups is 1. The molecule has 7 heteroatoms. The summed E-state index contributed by atoms with van der Waals surface area (Å²) in [6.07, 6.45) is -1.39. The Bertz CT molecular complexity index is 598. The van der Waals surface area contributed by atoms with Crippen molar-refractivity contribution in [3.05, 3.63) is 29.8 Å². The molecular weight excluding hydrogens is 303 g/mol. The number of nitrogens with two attached hydrogens (primary N) is 1. The molecule has 1 aliphatic rings. The van der Waals surface area contributed by atoms with Crippen LogP contribution in [0.4, 0.5) is 13.2 Å². The first-order chi connectivity index (χ1) is 9.70. The van der Waals surface area contributed by atoms with Gasteiger partial charge in [0.1, 0.15) is 0 Å². The molecule has 0 saturated heterocycles. The van der Waals surface area contributed by atoms with Gasteiger partial charge in [0.25, 0.3) is 0 Å². The van der Waals surface area contributed by atoms with Gasteiger partial charge >= 0.3 is 6.18 Å². The molecule has 1 aromatic carbocycles. The lowest BCUT2D eigenvalue weighted by atomic mass is 10.0. The topological polar surface area (TPSA) is 60.2 Å². The lowest BCUT2D eigenvalue weighted by Crippen LogP contribution is -2.26. The van der Waals surface area contributed by atoms with Crippen LogP contribution in [0.15, 0.2) is 29.2 Å². The minimum atomic E-state index is -4.54. The number of alkyl halides is 3. The molecule has 1 saturated carbocycles. The van der Waals surface area contributed by atoms with E-state index in [4.69, 9.17) is 5.73 Å². The van der Waals surface area contributed by atoms with Crippen molar-refractivity contribution in [1.29, 1.82) is 0 Å². The highest BCUT2D eigenvalue weighted by Crippen LogP contribution is 2.32. The molecule has 0 spiro atoms. The zero-order valence-corrected chi connectivity index (χ0v) is 12.3. The van der Waals surface area contributed by atoms with Gasteiger partial charge in [-0.15, -0.1) is 0 Å². The van der Waals surface area contributed by atoms with E-state index in [0.717, 1.165) is 31.4 Å². The maximum Gasteiger partial charge on any atom is 0.416 e. The standard InChI is InChI=1S/C14H18F3NO2S/c15-14(16,17)11-4-2-5-12(9-11)21(19,20)8-7-10-3-1-6-13(10)18/h2,4-5,9-10,13H,1,3,6-8,18H2/t10-,13+/m0/s1. The lowest BCUT2D eigenvalue weighted by Gasteiger charge is -2.15. The van der Waals surface area contributed by atoms with Crippen molar-refractivity contribution in [1.82, 2.24) is 0 Å². The largest absolute Gasteiger partial charge is 0.416 e. The Kier molecular flexibility index (Phi) is 4.63. The summed E-state index contributed by atoms with van der Waals surface area (Å²) < 4.78 is 62.2.